The van der Waals surface area contributed by atoms with Crippen LogP contribution in [0.2, 0.25) is 0 Å². The lowest BCUT2D eigenvalue weighted by molar-refractivity contribution is 0.0686. The fourth-order valence-electron chi connectivity index (χ4n) is 1.37. The van der Waals surface area contributed by atoms with Crippen molar-refractivity contribution in [3.05, 3.63) is 16.5 Å². The predicted molar refractivity (Wildman–Crippen MR) is 77.4 cm³/mol. The maximum Gasteiger partial charge on any atom is 0.287 e. The molecule has 1 aromatic heterocycles. The minimum Gasteiger partial charge on any atom is -0.443 e. The summed E-state index contributed by atoms with van der Waals surface area (Å²) >= 11 is 2.90. The number of furan rings is 1. The Bertz CT molecular complexity index is 571. The Morgan fingerprint density at radius 1 is 1.43 bits per heavy atom. The van der Waals surface area contributed by atoms with Crippen LogP contribution in [-0.4, -0.2) is 47.8 Å². The maximum atomic E-state index is 11.8. The Morgan fingerprint density at radius 2 is 2.14 bits per heavy atom. The van der Waals surface area contributed by atoms with E-state index in [1.165, 1.54) is 0 Å². The van der Waals surface area contributed by atoms with Gasteiger partial charge in [0.1, 0.15) is 4.90 Å². The van der Waals surface area contributed by atoms with E-state index in [9.17, 15) is 13.2 Å². The molecule has 0 saturated carbocycles. The Hall–Kier alpha value is -0.940. The Morgan fingerprint density at radius 3 is 2.71 bits per heavy atom. The van der Waals surface area contributed by atoms with Crippen LogP contribution in [0.5, 0.6) is 0 Å². The summed E-state index contributed by atoms with van der Waals surface area (Å²) in [6, 6.07) is 1.07. The van der Waals surface area contributed by atoms with Crippen molar-refractivity contribution in [3.63, 3.8) is 0 Å². The molecule has 120 valence electrons. The van der Waals surface area contributed by atoms with Gasteiger partial charge < -0.3 is 19.2 Å². The van der Waals surface area contributed by atoms with Crippen molar-refractivity contribution in [2.75, 3.05) is 33.5 Å². The van der Waals surface area contributed by atoms with Gasteiger partial charge in [0.15, 0.2) is 10.4 Å². The molecule has 1 rings (SSSR count). The molecule has 0 unspecified atom stereocenters. The first-order valence-corrected chi connectivity index (χ1v) is 8.37. The molecule has 1 heterocycles. The highest BCUT2D eigenvalue weighted by Gasteiger charge is 2.21. The Kier molecular flexibility index (Phi) is 7.32. The first-order chi connectivity index (χ1) is 9.86. The van der Waals surface area contributed by atoms with E-state index in [2.05, 4.69) is 21.2 Å². The van der Waals surface area contributed by atoms with E-state index >= 15 is 0 Å². The zero-order chi connectivity index (χ0) is 15.9. The zero-order valence-electron chi connectivity index (χ0n) is 11.4. The number of rotatable bonds is 9. The van der Waals surface area contributed by atoms with Crippen LogP contribution < -0.4 is 10.5 Å². The van der Waals surface area contributed by atoms with E-state index in [0.717, 1.165) is 6.07 Å². The van der Waals surface area contributed by atoms with E-state index in [1.54, 1.807) is 7.11 Å². The molecule has 0 radical (unpaired) electrons. The third-order valence-corrected chi connectivity index (χ3v) is 4.14. The zero-order valence-corrected chi connectivity index (χ0v) is 13.8. The van der Waals surface area contributed by atoms with Gasteiger partial charge in [-0.15, -0.1) is 0 Å². The summed E-state index contributed by atoms with van der Waals surface area (Å²) in [5, 5.41) is 7.56. The van der Waals surface area contributed by atoms with Crippen LogP contribution in [0.3, 0.4) is 0 Å². The molecule has 8 nitrogen and oxygen atoms in total. The number of hydrogen-bond donors (Lipinski definition) is 2. The van der Waals surface area contributed by atoms with Gasteiger partial charge in [-0.1, -0.05) is 0 Å². The van der Waals surface area contributed by atoms with Crippen LogP contribution in [-0.2, 0) is 19.5 Å². The quantitative estimate of drug-likeness (QED) is 0.597. The number of carbonyl (C=O) groups excluding carboxylic acids is 1. The molecule has 10 heteroatoms. The Balaban J connectivity index is 2.40. The highest BCUT2D eigenvalue weighted by molar-refractivity contribution is 9.10. The number of halogens is 1. The normalized spacial score (nSPS) is 11.6. The lowest BCUT2D eigenvalue weighted by Gasteiger charge is -2.04. The van der Waals surface area contributed by atoms with Crippen molar-refractivity contribution >= 4 is 31.9 Å². The van der Waals surface area contributed by atoms with Gasteiger partial charge in [0, 0.05) is 26.3 Å². The van der Waals surface area contributed by atoms with Crippen LogP contribution in [0.4, 0.5) is 0 Å². The molecule has 0 aromatic carbocycles. The molecule has 1 amide bonds. The molecule has 0 fully saturated rings. The molecule has 3 N–H and O–H groups in total. The van der Waals surface area contributed by atoms with Crippen molar-refractivity contribution in [2.45, 2.75) is 11.3 Å². The van der Waals surface area contributed by atoms with E-state index in [-0.39, 0.29) is 15.3 Å². The lowest BCUT2D eigenvalue weighted by atomic mass is 10.4. The Labute approximate surface area is 131 Å². The van der Waals surface area contributed by atoms with Gasteiger partial charge in [-0.05, 0) is 22.4 Å². The molecule has 0 aliphatic carbocycles. The third-order valence-electron chi connectivity index (χ3n) is 2.37. The van der Waals surface area contributed by atoms with Gasteiger partial charge >= 0.3 is 0 Å². The van der Waals surface area contributed by atoms with Crippen molar-refractivity contribution in [3.8, 4) is 0 Å². The molecule has 0 bridgehead atoms. The second kappa shape index (κ2) is 8.49. The van der Waals surface area contributed by atoms with Crippen LogP contribution in [0, 0.1) is 0 Å². The molecule has 0 spiro atoms. The van der Waals surface area contributed by atoms with Gasteiger partial charge in [-0.3, -0.25) is 4.79 Å². The van der Waals surface area contributed by atoms with Crippen LogP contribution in [0.15, 0.2) is 20.0 Å². The summed E-state index contributed by atoms with van der Waals surface area (Å²) in [6.07, 6.45) is 0.610. The molecule has 0 aliphatic rings. The second-order valence-electron chi connectivity index (χ2n) is 4.01. The molecule has 1 aromatic rings. The first-order valence-electron chi connectivity index (χ1n) is 6.03. The summed E-state index contributed by atoms with van der Waals surface area (Å²) in [6.45, 7) is 1.86. The van der Waals surface area contributed by atoms with Crippen LogP contribution in [0.25, 0.3) is 0 Å². The second-order valence-corrected chi connectivity index (χ2v) is 6.26. The fourth-order valence-corrected chi connectivity index (χ4v) is 2.87. The first kappa shape index (κ1) is 18.1. The topological polar surface area (TPSA) is 121 Å². The number of hydrogen-bond acceptors (Lipinski definition) is 6. The molecule has 0 aliphatic heterocycles. The number of sulfonamides is 1. The highest BCUT2D eigenvalue weighted by atomic mass is 79.9. The number of primary sulfonamides is 1. The van der Waals surface area contributed by atoms with E-state index < -0.39 is 15.9 Å². The summed E-state index contributed by atoms with van der Waals surface area (Å²) in [5.74, 6) is -0.659. The maximum absolute atomic E-state index is 11.8. The number of nitrogens with two attached hydrogens (primary N) is 1. The number of methoxy groups -OCH3 is 1. The molecule has 21 heavy (non-hydrogen) atoms. The smallest absolute Gasteiger partial charge is 0.287 e. The van der Waals surface area contributed by atoms with Crippen LogP contribution >= 0.6 is 15.9 Å². The van der Waals surface area contributed by atoms with E-state index in [1.807, 2.05) is 0 Å². The largest absolute Gasteiger partial charge is 0.443 e. The average Bonchev–Trinajstić information content (AvgIpc) is 2.79. The minimum atomic E-state index is -3.94. The molecular weight excluding hydrogens is 368 g/mol. The summed E-state index contributed by atoms with van der Waals surface area (Å²) < 4.78 is 37.4. The van der Waals surface area contributed by atoms with Gasteiger partial charge in [-0.25, -0.2) is 13.6 Å². The predicted octanol–water partition coefficient (Wildman–Crippen LogP) is 0.472. The monoisotopic (exact) mass is 384 g/mol. The van der Waals surface area contributed by atoms with Gasteiger partial charge in [0.25, 0.3) is 5.91 Å². The van der Waals surface area contributed by atoms with Crippen molar-refractivity contribution in [1.29, 1.82) is 0 Å². The van der Waals surface area contributed by atoms with Crippen molar-refractivity contribution in [1.82, 2.24) is 5.32 Å². The van der Waals surface area contributed by atoms with Crippen molar-refractivity contribution < 1.29 is 27.1 Å². The number of ether oxygens (including phenoxy) is 2. The average molecular weight is 385 g/mol. The third kappa shape index (κ3) is 6.14. The number of carbonyl (C=O) groups is 1. The standard InChI is InChI=1S/C11H17BrN2O6S/c1-18-5-6-19-4-2-3-14-11(15)8-7-9(10(12)20-8)21(13,16)17/h7H,2-6H2,1H3,(H,14,15)(H2,13,16,17). The summed E-state index contributed by atoms with van der Waals surface area (Å²) in [7, 11) is -2.35. The molecule has 0 saturated heterocycles. The minimum absolute atomic E-state index is 0.0990. The van der Waals surface area contributed by atoms with Crippen LogP contribution in [0.1, 0.15) is 17.0 Å². The van der Waals surface area contributed by atoms with Gasteiger partial charge in [0.05, 0.1) is 13.2 Å². The van der Waals surface area contributed by atoms with Gasteiger partial charge in [0.2, 0.25) is 10.0 Å². The summed E-state index contributed by atoms with van der Waals surface area (Å²) in [4.78, 5) is 11.5. The van der Waals surface area contributed by atoms with E-state index in [0.29, 0.717) is 32.8 Å². The summed E-state index contributed by atoms with van der Waals surface area (Å²) in [5.41, 5.74) is 0. The van der Waals surface area contributed by atoms with Crippen molar-refractivity contribution in [2.24, 2.45) is 5.14 Å². The number of amides is 1. The van der Waals surface area contributed by atoms with Gasteiger partial charge in [-0.2, -0.15) is 0 Å². The SMILES string of the molecule is COCCOCCCNC(=O)c1cc(S(N)(=O)=O)c(Br)o1. The van der Waals surface area contributed by atoms with E-state index in [4.69, 9.17) is 19.0 Å². The fraction of sp³-hybridized carbons (Fsp3) is 0.545. The molecular formula is C11H17BrN2O6S. The highest BCUT2D eigenvalue weighted by Crippen LogP contribution is 2.24. The molecule has 0 atom stereocenters. The lowest BCUT2D eigenvalue weighted by Crippen LogP contribution is -2.25. The number of nitrogens with one attached hydrogen (secondary N) is 1.